The Hall–Kier alpha value is -0.902. The molecular formula is C6H8AsNO4. The van der Waals surface area contributed by atoms with Crippen molar-refractivity contribution < 1.29 is 15.7 Å². The van der Waals surface area contributed by atoms with E-state index < -0.39 is 14.5 Å². The predicted molar refractivity (Wildman–Crippen MR) is 42.4 cm³/mol. The zero-order chi connectivity index (χ0) is 9.19. The number of rotatable bonds is 2. The van der Waals surface area contributed by atoms with Gasteiger partial charge in [0, 0.05) is 0 Å². The summed E-state index contributed by atoms with van der Waals surface area (Å²) in [7, 11) is 0. The molecular weight excluding hydrogens is 225 g/mol. The van der Waals surface area contributed by atoms with E-state index in [9.17, 15) is 3.74 Å². The monoisotopic (exact) mass is 233 g/mol. The van der Waals surface area contributed by atoms with E-state index in [1.807, 2.05) is 0 Å². The van der Waals surface area contributed by atoms with E-state index in [1.54, 1.807) is 12.1 Å². The maximum atomic E-state index is 10.4. The van der Waals surface area contributed by atoms with E-state index in [1.165, 1.54) is 12.1 Å². The van der Waals surface area contributed by atoms with E-state index in [0.717, 1.165) is 0 Å². The van der Waals surface area contributed by atoms with Crippen molar-refractivity contribution in [2.75, 3.05) is 5.73 Å². The minimum absolute atomic E-state index is 0.0856. The molecule has 0 saturated carbocycles. The van der Waals surface area contributed by atoms with Crippen LogP contribution in [0.25, 0.3) is 0 Å². The molecule has 0 aliphatic rings. The van der Waals surface area contributed by atoms with Gasteiger partial charge in [-0.2, -0.15) is 0 Å². The second-order valence-corrected chi connectivity index (χ2v) is 4.60. The molecule has 1 rings (SSSR count). The third kappa shape index (κ3) is 3.00. The van der Waals surface area contributed by atoms with Crippen LogP contribution in [-0.2, 0) is 3.74 Å². The first-order chi connectivity index (χ1) is 5.47. The fourth-order valence-electron chi connectivity index (χ4n) is 0.709. The molecule has 12 heavy (non-hydrogen) atoms. The topological polar surface area (TPSA) is 92.8 Å². The summed E-state index contributed by atoms with van der Waals surface area (Å²) in [4.78, 5) is 0. The van der Waals surface area contributed by atoms with Gasteiger partial charge in [0.25, 0.3) is 0 Å². The molecule has 0 aromatic heterocycles. The van der Waals surface area contributed by atoms with Crippen molar-refractivity contribution in [2.24, 2.45) is 0 Å². The summed E-state index contributed by atoms with van der Waals surface area (Å²) in [6, 6.07) is 5.92. The molecule has 0 aliphatic heterocycles. The molecule has 1 aromatic rings. The fraction of sp³-hybridized carbons (Fsp3) is 0. The van der Waals surface area contributed by atoms with Crippen LogP contribution >= 0.6 is 0 Å². The van der Waals surface area contributed by atoms with Crippen molar-refractivity contribution in [3.63, 3.8) is 0 Å². The third-order valence-electron chi connectivity index (χ3n) is 1.08. The fourth-order valence-corrected chi connectivity index (χ4v) is 1.52. The molecule has 0 aliphatic carbocycles. The van der Waals surface area contributed by atoms with Crippen molar-refractivity contribution >= 4 is 20.2 Å². The molecule has 0 spiro atoms. The predicted octanol–water partition coefficient (Wildman–Crippen LogP) is -0.502. The summed E-state index contributed by atoms with van der Waals surface area (Å²) < 4.78 is 31.7. The van der Waals surface area contributed by atoms with Crippen molar-refractivity contribution in [3.8, 4) is 5.75 Å². The van der Waals surface area contributed by atoms with Crippen molar-refractivity contribution in [1.29, 1.82) is 0 Å². The average molecular weight is 233 g/mol. The molecule has 0 radical (unpaired) electrons. The molecule has 1 aromatic carbocycles. The second-order valence-electron chi connectivity index (χ2n) is 2.15. The van der Waals surface area contributed by atoms with E-state index in [0.29, 0.717) is 5.69 Å². The Morgan fingerprint density at radius 2 is 2.08 bits per heavy atom. The van der Waals surface area contributed by atoms with Gasteiger partial charge in [-0.1, -0.05) is 0 Å². The molecule has 4 N–H and O–H groups in total. The molecule has 0 bridgehead atoms. The van der Waals surface area contributed by atoms with Crippen molar-refractivity contribution in [2.45, 2.75) is 0 Å². The Morgan fingerprint density at radius 3 is 2.58 bits per heavy atom. The van der Waals surface area contributed by atoms with E-state index >= 15 is 0 Å². The quantitative estimate of drug-likeness (QED) is 0.473. The number of hydrogen-bond acceptors (Lipinski definition) is 3. The summed E-state index contributed by atoms with van der Waals surface area (Å²) in [6.45, 7) is 0. The summed E-state index contributed by atoms with van der Waals surface area (Å²) >= 11 is -5.04. The van der Waals surface area contributed by atoms with E-state index in [-0.39, 0.29) is 5.75 Å². The first kappa shape index (κ1) is 9.19. The zero-order valence-electron chi connectivity index (χ0n) is 6.04. The average Bonchev–Trinajstić information content (AvgIpc) is 1.82. The van der Waals surface area contributed by atoms with Gasteiger partial charge in [-0.25, -0.2) is 0 Å². The number of benzene rings is 1. The Labute approximate surface area is 72.1 Å². The minimum atomic E-state index is -5.04. The van der Waals surface area contributed by atoms with Gasteiger partial charge < -0.3 is 0 Å². The van der Waals surface area contributed by atoms with Gasteiger partial charge in [0.05, 0.1) is 0 Å². The second kappa shape index (κ2) is 3.23. The van der Waals surface area contributed by atoms with Gasteiger partial charge in [-0.05, 0) is 0 Å². The van der Waals surface area contributed by atoms with Gasteiger partial charge in [-0.15, -0.1) is 0 Å². The SMILES string of the molecule is Nc1cccc(O[As](=O)(O)O)c1. The van der Waals surface area contributed by atoms with Gasteiger partial charge in [0.2, 0.25) is 0 Å². The number of nitrogens with two attached hydrogens (primary N) is 1. The summed E-state index contributed by atoms with van der Waals surface area (Å²) in [5.41, 5.74) is 5.75. The first-order valence-electron chi connectivity index (χ1n) is 3.08. The molecule has 0 amide bonds. The summed E-state index contributed by atoms with van der Waals surface area (Å²) in [5.74, 6) is 0.0856. The van der Waals surface area contributed by atoms with Crippen LogP contribution in [0.5, 0.6) is 5.75 Å². The Bertz CT molecular complexity index is 321. The Morgan fingerprint density at radius 1 is 1.42 bits per heavy atom. The molecule has 5 nitrogen and oxygen atoms in total. The molecule has 0 saturated heterocycles. The standard InChI is InChI=1S/C6H8AsNO4/c8-5-2-1-3-6(4-5)12-7(9,10)11/h1-4H,8H2,(H2,9,10,11). The zero-order valence-corrected chi connectivity index (χ0v) is 7.92. The number of nitrogen functional groups attached to an aromatic ring is 1. The van der Waals surface area contributed by atoms with E-state index in [2.05, 4.69) is 3.73 Å². The molecule has 66 valence electrons. The van der Waals surface area contributed by atoms with Gasteiger partial charge in [0.15, 0.2) is 0 Å². The molecule has 0 unspecified atom stereocenters. The summed E-state index contributed by atoms with van der Waals surface area (Å²) in [5, 5.41) is 0. The van der Waals surface area contributed by atoms with Crippen LogP contribution in [0, 0.1) is 0 Å². The summed E-state index contributed by atoms with van der Waals surface area (Å²) in [6.07, 6.45) is 0. The van der Waals surface area contributed by atoms with E-state index in [4.69, 9.17) is 13.9 Å². The molecule has 0 atom stereocenters. The van der Waals surface area contributed by atoms with Crippen LogP contribution in [0.15, 0.2) is 24.3 Å². The Kier molecular flexibility index (Phi) is 2.47. The Balaban J connectivity index is 2.84. The van der Waals surface area contributed by atoms with Crippen LogP contribution in [0.3, 0.4) is 0 Å². The van der Waals surface area contributed by atoms with Gasteiger partial charge >= 0.3 is 71.6 Å². The van der Waals surface area contributed by atoms with Crippen LogP contribution in [-0.4, -0.2) is 22.7 Å². The van der Waals surface area contributed by atoms with Crippen molar-refractivity contribution in [1.82, 2.24) is 0 Å². The normalized spacial score (nSPS) is 11.2. The van der Waals surface area contributed by atoms with Crippen LogP contribution in [0.1, 0.15) is 0 Å². The first-order valence-corrected chi connectivity index (χ1v) is 6.29. The van der Waals surface area contributed by atoms with Gasteiger partial charge in [-0.3, -0.25) is 0 Å². The van der Waals surface area contributed by atoms with Crippen LogP contribution in [0.2, 0.25) is 0 Å². The third-order valence-corrected chi connectivity index (χ3v) is 2.02. The van der Waals surface area contributed by atoms with Crippen LogP contribution in [0.4, 0.5) is 5.69 Å². The molecule has 0 fully saturated rings. The van der Waals surface area contributed by atoms with Crippen LogP contribution < -0.4 is 9.46 Å². The van der Waals surface area contributed by atoms with Gasteiger partial charge in [0.1, 0.15) is 0 Å². The number of hydrogen-bond donors (Lipinski definition) is 3. The number of anilines is 1. The molecule has 0 heterocycles. The molecule has 6 heteroatoms. The van der Waals surface area contributed by atoms with Crippen molar-refractivity contribution in [3.05, 3.63) is 24.3 Å². The maximum absolute atomic E-state index is 10.4.